The molecule has 22 heavy (non-hydrogen) atoms. The largest absolute Gasteiger partial charge is 0.392 e. The lowest BCUT2D eigenvalue weighted by Gasteiger charge is -2.22. The lowest BCUT2D eigenvalue weighted by Crippen LogP contribution is -2.31. The molecule has 1 fully saturated rings. The average molecular weight is 298 g/mol. The van der Waals surface area contributed by atoms with E-state index in [1.807, 2.05) is 24.3 Å². The molecule has 5 nitrogen and oxygen atoms in total. The number of aliphatic hydroxyl groups excluding tert-OH is 1. The van der Waals surface area contributed by atoms with Crippen LogP contribution in [0.4, 0.5) is 5.82 Å². The quantitative estimate of drug-likeness (QED) is 0.931. The maximum atomic E-state index is 9.10. The highest BCUT2D eigenvalue weighted by atomic mass is 16.3. The van der Waals surface area contributed by atoms with E-state index in [9.17, 15) is 0 Å². The molecular formula is C17H22N4O. The molecule has 116 valence electrons. The van der Waals surface area contributed by atoms with E-state index in [1.54, 1.807) is 6.20 Å². The summed E-state index contributed by atoms with van der Waals surface area (Å²) in [6.07, 6.45) is 2.84. The second kappa shape index (κ2) is 7.33. The van der Waals surface area contributed by atoms with Gasteiger partial charge in [0.25, 0.3) is 0 Å². The van der Waals surface area contributed by atoms with Gasteiger partial charge in [0.2, 0.25) is 0 Å². The SMILES string of the molecule is OCc1ccc(CN2CCCN(c3cccnn3)CC2)cc1. The predicted octanol–water partition coefficient (Wildman–Crippen LogP) is 1.68. The highest BCUT2D eigenvalue weighted by Crippen LogP contribution is 2.14. The molecule has 0 bridgehead atoms. The number of benzene rings is 1. The Morgan fingerprint density at radius 2 is 1.77 bits per heavy atom. The van der Waals surface area contributed by atoms with Crippen molar-refractivity contribution in [3.8, 4) is 0 Å². The van der Waals surface area contributed by atoms with Crippen LogP contribution in [0, 0.1) is 0 Å². The molecule has 1 saturated heterocycles. The molecule has 0 aliphatic carbocycles. The number of anilines is 1. The van der Waals surface area contributed by atoms with Crippen LogP contribution >= 0.6 is 0 Å². The third-order valence-corrected chi connectivity index (χ3v) is 4.08. The van der Waals surface area contributed by atoms with Gasteiger partial charge in [-0.25, -0.2) is 0 Å². The second-order valence-corrected chi connectivity index (χ2v) is 5.67. The van der Waals surface area contributed by atoms with Crippen molar-refractivity contribution in [1.29, 1.82) is 0 Å². The molecule has 0 atom stereocenters. The number of hydrogen-bond donors (Lipinski definition) is 1. The Hall–Kier alpha value is -1.98. The minimum atomic E-state index is 0.108. The molecule has 5 heteroatoms. The van der Waals surface area contributed by atoms with Crippen LogP contribution in [0.5, 0.6) is 0 Å². The molecule has 1 aliphatic heterocycles. The van der Waals surface area contributed by atoms with E-state index in [4.69, 9.17) is 5.11 Å². The van der Waals surface area contributed by atoms with Crippen LogP contribution in [0.3, 0.4) is 0 Å². The van der Waals surface area contributed by atoms with E-state index in [0.29, 0.717) is 0 Å². The predicted molar refractivity (Wildman–Crippen MR) is 86.5 cm³/mol. The molecule has 0 radical (unpaired) electrons. The smallest absolute Gasteiger partial charge is 0.151 e. The van der Waals surface area contributed by atoms with Crippen molar-refractivity contribution in [3.05, 3.63) is 53.7 Å². The van der Waals surface area contributed by atoms with Gasteiger partial charge in [0.1, 0.15) is 0 Å². The number of aromatic nitrogens is 2. The van der Waals surface area contributed by atoms with Crippen molar-refractivity contribution in [2.24, 2.45) is 0 Å². The van der Waals surface area contributed by atoms with E-state index < -0.39 is 0 Å². The van der Waals surface area contributed by atoms with Crippen LogP contribution in [0.25, 0.3) is 0 Å². The summed E-state index contributed by atoms with van der Waals surface area (Å²) in [7, 11) is 0. The van der Waals surface area contributed by atoms with E-state index in [-0.39, 0.29) is 6.61 Å². The summed E-state index contributed by atoms with van der Waals surface area (Å²) in [6.45, 7) is 5.19. The number of rotatable bonds is 4. The van der Waals surface area contributed by atoms with Gasteiger partial charge >= 0.3 is 0 Å². The number of nitrogens with zero attached hydrogens (tertiary/aromatic N) is 4. The van der Waals surface area contributed by atoms with Crippen molar-refractivity contribution in [1.82, 2.24) is 15.1 Å². The third-order valence-electron chi connectivity index (χ3n) is 4.08. The molecule has 0 unspecified atom stereocenters. The van der Waals surface area contributed by atoms with E-state index in [1.165, 1.54) is 5.56 Å². The van der Waals surface area contributed by atoms with Crippen molar-refractivity contribution >= 4 is 5.82 Å². The van der Waals surface area contributed by atoms with Crippen LogP contribution in [-0.2, 0) is 13.2 Å². The van der Waals surface area contributed by atoms with Crippen LogP contribution in [-0.4, -0.2) is 46.4 Å². The Morgan fingerprint density at radius 1 is 0.955 bits per heavy atom. The van der Waals surface area contributed by atoms with E-state index >= 15 is 0 Å². The lowest BCUT2D eigenvalue weighted by molar-refractivity contribution is 0.280. The molecule has 1 aromatic carbocycles. The molecule has 2 aromatic rings. The zero-order valence-corrected chi connectivity index (χ0v) is 12.7. The Kier molecular flexibility index (Phi) is 4.98. The monoisotopic (exact) mass is 298 g/mol. The van der Waals surface area contributed by atoms with Gasteiger partial charge in [0.15, 0.2) is 5.82 Å². The first-order valence-electron chi connectivity index (χ1n) is 7.79. The fourth-order valence-corrected chi connectivity index (χ4v) is 2.83. The second-order valence-electron chi connectivity index (χ2n) is 5.67. The maximum Gasteiger partial charge on any atom is 0.151 e. The van der Waals surface area contributed by atoms with E-state index in [2.05, 4.69) is 32.1 Å². The number of aliphatic hydroxyl groups is 1. The van der Waals surface area contributed by atoms with Crippen LogP contribution in [0.15, 0.2) is 42.6 Å². The zero-order chi connectivity index (χ0) is 15.2. The Labute approximate surface area is 131 Å². The molecule has 2 heterocycles. The van der Waals surface area contributed by atoms with Gasteiger partial charge in [-0.3, -0.25) is 4.90 Å². The summed E-state index contributed by atoms with van der Waals surface area (Å²) in [4.78, 5) is 4.78. The normalized spacial score (nSPS) is 16.5. The molecule has 0 saturated carbocycles. The van der Waals surface area contributed by atoms with Gasteiger partial charge in [-0.05, 0) is 29.7 Å². The molecule has 1 aliphatic rings. The van der Waals surface area contributed by atoms with Gasteiger partial charge < -0.3 is 10.0 Å². The maximum absolute atomic E-state index is 9.10. The van der Waals surface area contributed by atoms with Gasteiger partial charge in [0.05, 0.1) is 6.61 Å². The van der Waals surface area contributed by atoms with Gasteiger partial charge in [-0.1, -0.05) is 24.3 Å². The fraction of sp³-hybridized carbons (Fsp3) is 0.412. The fourth-order valence-electron chi connectivity index (χ4n) is 2.83. The summed E-state index contributed by atoms with van der Waals surface area (Å²) < 4.78 is 0. The third kappa shape index (κ3) is 3.81. The Bertz CT molecular complexity index is 573. The topological polar surface area (TPSA) is 52.5 Å². The summed E-state index contributed by atoms with van der Waals surface area (Å²) >= 11 is 0. The molecule has 3 rings (SSSR count). The van der Waals surface area contributed by atoms with Crippen LogP contribution in [0.2, 0.25) is 0 Å². The molecule has 0 amide bonds. The van der Waals surface area contributed by atoms with Crippen LogP contribution in [0.1, 0.15) is 17.5 Å². The zero-order valence-electron chi connectivity index (χ0n) is 12.7. The lowest BCUT2D eigenvalue weighted by atomic mass is 10.1. The highest BCUT2D eigenvalue weighted by molar-refractivity contribution is 5.36. The Balaban J connectivity index is 1.58. The van der Waals surface area contributed by atoms with Gasteiger partial charge in [0, 0.05) is 38.9 Å². The van der Waals surface area contributed by atoms with Crippen molar-refractivity contribution in [3.63, 3.8) is 0 Å². The average Bonchev–Trinajstić information content (AvgIpc) is 2.82. The summed E-state index contributed by atoms with van der Waals surface area (Å²) in [5.74, 6) is 0.969. The minimum Gasteiger partial charge on any atom is -0.392 e. The minimum absolute atomic E-state index is 0.108. The molecule has 0 spiro atoms. The summed E-state index contributed by atoms with van der Waals surface area (Å²) in [5, 5.41) is 17.3. The van der Waals surface area contributed by atoms with Crippen molar-refractivity contribution in [2.75, 3.05) is 31.1 Å². The van der Waals surface area contributed by atoms with Gasteiger partial charge in [-0.2, -0.15) is 5.10 Å². The van der Waals surface area contributed by atoms with E-state index in [0.717, 1.165) is 50.5 Å². The molecular weight excluding hydrogens is 276 g/mol. The molecule has 1 N–H and O–H groups in total. The van der Waals surface area contributed by atoms with Crippen LogP contribution < -0.4 is 4.90 Å². The first-order chi connectivity index (χ1) is 10.8. The first-order valence-corrected chi connectivity index (χ1v) is 7.79. The van der Waals surface area contributed by atoms with Crippen molar-refractivity contribution < 1.29 is 5.11 Å². The van der Waals surface area contributed by atoms with Crippen molar-refractivity contribution in [2.45, 2.75) is 19.6 Å². The first kappa shape index (κ1) is 14.9. The summed E-state index contributed by atoms with van der Waals surface area (Å²) in [5.41, 5.74) is 2.26. The molecule has 1 aromatic heterocycles. The Morgan fingerprint density at radius 3 is 2.50 bits per heavy atom. The summed E-state index contributed by atoms with van der Waals surface area (Å²) in [6, 6.07) is 12.2. The highest BCUT2D eigenvalue weighted by Gasteiger charge is 2.16. The standard InChI is InChI=1S/C17H22N4O/c22-14-16-6-4-15(5-7-16)13-20-9-2-10-21(12-11-20)17-3-1-8-18-19-17/h1,3-8,22H,2,9-14H2. The van der Waals surface area contributed by atoms with Gasteiger partial charge in [-0.15, -0.1) is 5.10 Å². The number of hydrogen-bond acceptors (Lipinski definition) is 5.